The Hall–Kier alpha value is -6.45. The van der Waals surface area contributed by atoms with Gasteiger partial charge in [0.25, 0.3) is 0 Å². The summed E-state index contributed by atoms with van der Waals surface area (Å²) in [4.78, 5) is 14.4. The number of aromatic nitrogens is 3. The Morgan fingerprint density at radius 2 is 0.854 bits per heavy atom. The van der Waals surface area contributed by atoms with Gasteiger partial charge in [0.05, 0.1) is 16.7 Å². The average molecular weight is 608 g/mol. The molecule has 3 heteroatoms. The van der Waals surface area contributed by atoms with Gasteiger partial charge in [0.2, 0.25) is 0 Å². The van der Waals surface area contributed by atoms with Gasteiger partial charge in [0.15, 0.2) is 0 Å². The van der Waals surface area contributed by atoms with E-state index in [-0.39, 0.29) is 0 Å². The Morgan fingerprint density at radius 3 is 1.54 bits per heavy atom. The van der Waals surface area contributed by atoms with E-state index in [4.69, 9.17) is 9.97 Å². The van der Waals surface area contributed by atoms with Crippen LogP contribution in [0.1, 0.15) is 0 Å². The van der Waals surface area contributed by atoms with Gasteiger partial charge in [-0.05, 0) is 101 Å². The van der Waals surface area contributed by atoms with Crippen molar-refractivity contribution in [2.45, 2.75) is 0 Å². The lowest BCUT2D eigenvalue weighted by Crippen LogP contribution is -1.90. The molecule has 48 heavy (non-hydrogen) atoms. The van der Waals surface area contributed by atoms with Gasteiger partial charge < -0.3 is 0 Å². The second kappa shape index (κ2) is 9.54. The lowest BCUT2D eigenvalue weighted by Gasteiger charge is -2.17. The van der Waals surface area contributed by atoms with E-state index in [0.717, 1.165) is 44.2 Å². The zero-order chi connectivity index (χ0) is 31.3. The molecule has 0 amide bonds. The van der Waals surface area contributed by atoms with E-state index in [9.17, 15) is 0 Å². The summed E-state index contributed by atoms with van der Waals surface area (Å²) in [5.74, 6) is 0. The fraction of sp³-hybridized carbons (Fsp3) is 0. The molecule has 0 saturated heterocycles. The van der Waals surface area contributed by atoms with Crippen LogP contribution in [0.15, 0.2) is 152 Å². The maximum atomic E-state index is 4.97. The van der Waals surface area contributed by atoms with E-state index in [0.29, 0.717) is 0 Å². The van der Waals surface area contributed by atoms with Crippen LogP contribution >= 0.6 is 0 Å². The van der Waals surface area contributed by atoms with E-state index in [1.54, 1.807) is 0 Å². The van der Waals surface area contributed by atoms with Crippen LogP contribution in [-0.2, 0) is 0 Å². The molecule has 0 saturated carbocycles. The molecule has 0 bridgehead atoms. The van der Waals surface area contributed by atoms with Gasteiger partial charge >= 0.3 is 0 Å². The summed E-state index contributed by atoms with van der Waals surface area (Å²) in [7, 11) is 0. The molecule has 0 aliphatic heterocycles. The Bertz CT molecular complexity index is 3100. The van der Waals surface area contributed by atoms with Crippen molar-refractivity contribution in [2.75, 3.05) is 0 Å². The minimum Gasteiger partial charge on any atom is -0.256 e. The minimum absolute atomic E-state index is 0.897. The van der Waals surface area contributed by atoms with Crippen LogP contribution in [0.25, 0.3) is 109 Å². The summed E-state index contributed by atoms with van der Waals surface area (Å²) in [6, 6.07) is 48.7. The number of benzene rings is 7. The molecule has 0 N–H and O–H groups in total. The molecule has 0 aliphatic rings. The van der Waals surface area contributed by atoms with E-state index in [1.807, 2.05) is 24.7 Å². The first-order valence-corrected chi connectivity index (χ1v) is 16.3. The SMILES string of the molecule is c1cnc2c(c1)ccc1cc(-c3ccc(-c4cc5ccc6cccc7c8cccc9ccc%10cccc(c(c4)c5c67)c%10c98)cn3)cnc12. The van der Waals surface area contributed by atoms with E-state index in [2.05, 4.69) is 132 Å². The Kier molecular flexibility index (Phi) is 5.11. The van der Waals surface area contributed by atoms with Gasteiger partial charge in [-0.1, -0.05) is 103 Å². The number of nitrogens with zero attached hydrogens (tertiary/aromatic N) is 3. The normalized spacial score (nSPS) is 12.2. The zero-order valence-electron chi connectivity index (χ0n) is 25.8. The standard InChI is InChI=1S/C45H25N3/c1-5-26-12-13-27-7-3-11-37-38-23-33(21-30-16-14-28-6-2-10-36(41(28)43(30)38)35(9-1)40(26)42(27)37)32-18-19-39(47-24-32)34-22-31-17-15-29-8-4-20-46-44(29)45(31)48-25-34/h1-25H. The summed E-state index contributed by atoms with van der Waals surface area (Å²) in [5, 5.41) is 17.5. The third-order valence-corrected chi connectivity index (χ3v) is 10.2. The molecular weight excluding hydrogens is 583 g/mol. The predicted octanol–water partition coefficient (Wildman–Crippen LogP) is 11.9. The maximum absolute atomic E-state index is 4.97. The molecule has 0 atom stereocenters. The number of hydrogen-bond acceptors (Lipinski definition) is 3. The average Bonchev–Trinajstić information content (AvgIpc) is 3.15. The smallest absolute Gasteiger partial charge is 0.0965 e. The molecule has 0 unspecified atom stereocenters. The van der Waals surface area contributed by atoms with E-state index in [1.165, 1.54) is 64.6 Å². The number of hydrogen-bond donors (Lipinski definition) is 0. The first-order valence-electron chi connectivity index (χ1n) is 16.3. The van der Waals surface area contributed by atoms with E-state index < -0.39 is 0 Å². The van der Waals surface area contributed by atoms with Crippen molar-refractivity contribution >= 4 is 86.4 Å². The van der Waals surface area contributed by atoms with Crippen LogP contribution in [0, 0.1) is 0 Å². The van der Waals surface area contributed by atoms with Crippen molar-refractivity contribution in [1.29, 1.82) is 0 Å². The highest BCUT2D eigenvalue weighted by molar-refractivity contribution is 6.37. The van der Waals surface area contributed by atoms with Gasteiger partial charge in [0, 0.05) is 40.5 Å². The molecule has 11 aromatic rings. The molecule has 0 fully saturated rings. The summed E-state index contributed by atoms with van der Waals surface area (Å²) in [5.41, 5.74) is 5.96. The molecule has 0 radical (unpaired) electrons. The van der Waals surface area contributed by atoms with Crippen molar-refractivity contribution in [3.05, 3.63) is 152 Å². The summed E-state index contributed by atoms with van der Waals surface area (Å²) in [6.07, 6.45) is 5.73. The zero-order valence-corrected chi connectivity index (χ0v) is 25.8. The highest BCUT2D eigenvalue weighted by Gasteiger charge is 2.16. The second-order valence-corrected chi connectivity index (χ2v) is 12.8. The Morgan fingerprint density at radius 1 is 0.312 bits per heavy atom. The van der Waals surface area contributed by atoms with Crippen LogP contribution in [0.2, 0.25) is 0 Å². The fourth-order valence-corrected chi connectivity index (χ4v) is 8.06. The molecule has 220 valence electrons. The molecule has 3 nitrogen and oxygen atoms in total. The molecule has 8 aromatic carbocycles. The van der Waals surface area contributed by atoms with Gasteiger partial charge in [-0.15, -0.1) is 0 Å². The van der Waals surface area contributed by atoms with Gasteiger partial charge in [-0.3, -0.25) is 15.0 Å². The number of rotatable bonds is 2. The third-order valence-electron chi connectivity index (χ3n) is 10.2. The number of fused-ring (bicyclic) bond motifs is 5. The molecule has 11 rings (SSSR count). The second-order valence-electron chi connectivity index (χ2n) is 12.8. The first-order chi connectivity index (χ1) is 23.8. The summed E-state index contributed by atoms with van der Waals surface area (Å²) in [6.45, 7) is 0. The maximum Gasteiger partial charge on any atom is 0.0965 e. The van der Waals surface area contributed by atoms with Crippen LogP contribution in [-0.4, -0.2) is 15.0 Å². The topological polar surface area (TPSA) is 38.7 Å². The number of pyridine rings is 3. The van der Waals surface area contributed by atoms with Crippen LogP contribution in [0.3, 0.4) is 0 Å². The van der Waals surface area contributed by atoms with Crippen molar-refractivity contribution in [2.24, 2.45) is 0 Å². The van der Waals surface area contributed by atoms with Gasteiger partial charge in [0.1, 0.15) is 0 Å². The predicted molar refractivity (Wildman–Crippen MR) is 202 cm³/mol. The van der Waals surface area contributed by atoms with Crippen LogP contribution in [0.4, 0.5) is 0 Å². The lowest BCUT2D eigenvalue weighted by molar-refractivity contribution is 1.30. The van der Waals surface area contributed by atoms with Crippen molar-refractivity contribution in [3.63, 3.8) is 0 Å². The highest BCUT2D eigenvalue weighted by atomic mass is 14.7. The fourth-order valence-electron chi connectivity index (χ4n) is 8.06. The molecular formula is C45H25N3. The molecule has 0 spiro atoms. The summed E-state index contributed by atoms with van der Waals surface area (Å²) >= 11 is 0. The third kappa shape index (κ3) is 3.56. The summed E-state index contributed by atoms with van der Waals surface area (Å²) < 4.78 is 0. The Labute approximate surface area is 275 Å². The van der Waals surface area contributed by atoms with Gasteiger partial charge in [-0.2, -0.15) is 0 Å². The molecule has 3 aromatic heterocycles. The van der Waals surface area contributed by atoms with Crippen LogP contribution in [0.5, 0.6) is 0 Å². The molecule has 3 heterocycles. The van der Waals surface area contributed by atoms with E-state index >= 15 is 0 Å². The first kappa shape index (κ1) is 25.7. The van der Waals surface area contributed by atoms with Crippen molar-refractivity contribution in [1.82, 2.24) is 15.0 Å². The minimum atomic E-state index is 0.897. The quantitative estimate of drug-likeness (QED) is 0.184. The monoisotopic (exact) mass is 607 g/mol. The highest BCUT2D eigenvalue weighted by Crippen LogP contribution is 2.44. The largest absolute Gasteiger partial charge is 0.256 e. The van der Waals surface area contributed by atoms with Gasteiger partial charge in [-0.25, -0.2) is 0 Å². The molecule has 0 aliphatic carbocycles. The van der Waals surface area contributed by atoms with Crippen molar-refractivity contribution < 1.29 is 0 Å². The van der Waals surface area contributed by atoms with Crippen molar-refractivity contribution in [3.8, 4) is 22.4 Å². The Balaban J connectivity index is 1.16. The van der Waals surface area contributed by atoms with Crippen LogP contribution < -0.4 is 0 Å². The lowest BCUT2D eigenvalue weighted by atomic mass is 9.86.